The first kappa shape index (κ1) is 54.8. The Morgan fingerprint density at radius 3 is 0.855 bits per heavy atom. The molecule has 0 amide bonds. The molecule has 76 heavy (non-hydrogen) atoms. The third-order valence-corrected chi connectivity index (χ3v) is 28.0. The molecule has 3 heteroatoms. The van der Waals surface area contributed by atoms with Crippen molar-refractivity contribution in [2.45, 2.75) is 332 Å². The molecule has 4 saturated heterocycles. The van der Waals surface area contributed by atoms with Crippen molar-refractivity contribution >= 4 is 5.78 Å². The Labute approximate surface area is 469 Å². The number of fused-ring (bicyclic) bond motifs is 17. The molecule has 25 aliphatic rings. The van der Waals surface area contributed by atoms with Gasteiger partial charge in [-0.1, -0.05) is 148 Å². The highest BCUT2D eigenvalue weighted by molar-refractivity contribution is 5.80. The molecule has 25 rings (SSSR count). The summed E-state index contributed by atoms with van der Waals surface area (Å²) in [4.78, 5) is 10.9. The fourth-order valence-corrected chi connectivity index (χ4v) is 24.2. The fourth-order valence-electron chi connectivity index (χ4n) is 24.2. The predicted octanol–water partition coefficient (Wildman–Crippen LogP) is 19.4. The van der Waals surface area contributed by atoms with Crippen LogP contribution in [0.1, 0.15) is 308 Å². The second-order valence-corrected chi connectivity index (χ2v) is 33.0. The summed E-state index contributed by atoms with van der Waals surface area (Å²) in [5.41, 5.74) is 0. The lowest BCUT2D eigenvalue weighted by atomic mass is 9.56. The van der Waals surface area contributed by atoms with Crippen LogP contribution in [0.15, 0.2) is 0 Å². The van der Waals surface area contributed by atoms with Crippen LogP contribution in [0.25, 0.3) is 0 Å². The number of hydrogen-bond acceptors (Lipinski definition) is 3. The summed E-state index contributed by atoms with van der Waals surface area (Å²) in [6.45, 7) is 0. The second kappa shape index (κ2) is 26.0. The van der Waals surface area contributed by atoms with Gasteiger partial charge in [-0.2, -0.15) is 0 Å². The van der Waals surface area contributed by atoms with E-state index in [9.17, 15) is 4.79 Å². The van der Waals surface area contributed by atoms with Gasteiger partial charge in [0.05, 0.1) is 0 Å². The third-order valence-electron chi connectivity index (χ3n) is 28.0. The molecule has 2 N–H and O–H groups in total. The molecule has 20 bridgehead atoms. The van der Waals surface area contributed by atoms with Crippen LogP contribution in [0.4, 0.5) is 0 Å². The monoisotopic (exact) mass is 1040 g/mol. The van der Waals surface area contributed by atoms with Gasteiger partial charge in [-0.15, -0.1) is 0 Å². The van der Waals surface area contributed by atoms with Crippen molar-refractivity contribution in [2.24, 2.45) is 118 Å². The molecule has 0 radical (unpaired) electrons. The average molecular weight is 1040 g/mol. The van der Waals surface area contributed by atoms with Gasteiger partial charge in [0, 0.05) is 37.0 Å². The Kier molecular flexibility index (Phi) is 18.8. The number of carbonyl (C=O) groups excluding carboxylic acids is 1. The average Bonchev–Trinajstić information content (AvgIpc) is 4.45. The number of hydrogen-bond donors (Lipinski definition) is 2. The highest BCUT2D eigenvalue weighted by Gasteiger charge is 2.62. The first-order chi connectivity index (χ1) is 37.4. The Morgan fingerprint density at radius 2 is 0.539 bits per heavy atom. The van der Waals surface area contributed by atoms with E-state index in [1.54, 1.807) is 218 Å². The largest absolute Gasteiger partial charge is 0.311 e. The minimum Gasteiger partial charge on any atom is -0.311 e. The molecule has 3 nitrogen and oxygen atoms in total. The molecule has 8 unspecified atom stereocenters. The number of nitrogens with one attached hydrogen (secondary N) is 2. The maximum atomic E-state index is 10.9. The zero-order valence-electron chi connectivity index (χ0n) is 49.7. The van der Waals surface area contributed by atoms with Crippen molar-refractivity contribution in [3.63, 3.8) is 0 Å². The van der Waals surface area contributed by atoms with Crippen molar-refractivity contribution in [1.29, 1.82) is 0 Å². The van der Waals surface area contributed by atoms with Crippen molar-refractivity contribution < 1.29 is 4.79 Å². The molecule has 4 aliphatic heterocycles. The minimum absolute atomic E-state index is 0.459. The van der Waals surface area contributed by atoms with E-state index in [1.807, 2.05) is 0 Å². The SMILES string of the molecule is C1C2CC3C1C3C2.C1C2CC3CC1CC(C2)C3.C1CC2C3CCC(C3)C2C1.C1CC2CC(C1)C2.C1CC2CCC(C1)N2.C1CC2CCC1C2.C1CC2CCC1CC2.C1CCC2CCCCC2C1.O=C1CC2CCC(C1)N2. The van der Waals surface area contributed by atoms with Crippen LogP contribution in [-0.2, 0) is 4.79 Å². The topological polar surface area (TPSA) is 41.1 Å². The Morgan fingerprint density at radius 1 is 0.211 bits per heavy atom. The van der Waals surface area contributed by atoms with E-state index in [0.29, 0.717) is 17.9 Å². The highest BCUT2D eigenvalue weighted by Crippen LogP contribution is 2.70. The smallest absolute Gasteiger partial charge is 0.136 e. The Bertz CT molecular complexity index is 1570. The molecular weight excluding hydrogens is 921 g/mol. The van der Waals surface area contributed by atoms with E-state index in [-0.39, 0.29) is 0 Å². The number of piperidine rings is 2. The fraction of sp³-hybridized carbons (Fsp3) is 0.986. The van der Waals surface area contributed by atoms with Gasteiger partial charge in [-0.3, -0.25) is 4.79 Å². The summed E-state index contributed by atoms with van der Waals surface area (Å²) in [7, 11) is 0. The van der Waals surface area contributed by atoms with Gasteiger partial charge in [-0.05, 0) is 266 Å². The maximum absolute atomic E-state index is 10.9. The molecule has 8 atom stereocenters. The van der Waals surface area contributed by atoms with Gasteiger partial charge >= 0.3 is 0 Å². The van der Waals surface area contributed by atoms with Crippen LogP contribution in [0, 0.1) is 118 Å². The molecule has 25 fully saturated rings. The molecule has 430 valence electrons. The first-order valence-electron chi connectivity index (χ1n) is 36.4. The van der Waals surface area contributed by atoms with E-state index >= 15 is 0 Å². The van der Waals surface area contributed by atoms with Crippen molar-refractivity contribution in [3.05, 3.63) is 0 Å². The van der Waals surface area contributed by atoms with Gasteiger partial charge in [0.25, 0.3) is 0 Å². The number of carbonyl (C=O) groups is 1. The Balaban J connectivity index is 0.0000000821. The van der Waals surface area contributed by atoms with Gasteiger partial charge in [0.2, 0.25) is 0 Å². The van der Waals surface area contributed by atoms with Crippen molar-refractivity contribution in [1.82, 2.24) is 10.6 Å². The van der Waals surface area contributed by atoms with Crippen molar-refractivity contribution in [2.75, 3.05) is 0 Å². The molecule has 4 heterocycles. The van der Waals surface area contributed by atoms with Gasteiger partial charge in [0.15, 0.2) is 0 Å². The van der Waals surface area contributed by atoms with E-state index < -0.39 is 0 Å². The highest BCUT2D eigenvalue weighted by atomic mass is 16.1. The van der Waals surface area contributed by atoms with Crippen LogP contribution in [-0.4, -0.2) is 30.0 Å². The third kappa shape index (κ3) is 14.1. The first-order valence-corrected chi connectivity index (χ1v) is 36.4. The second-order valence-electron chi connectivity index (χ2n) is 33.0. The molecule has 0 aromatic rings. The normalized spacial score (nSPS) is 50.4. The zero-order valence-corrected chi connectivity index (χ0v) is 49.7. The molecule has 0 aromatic heterocycles. The zero-order chi connectivity index (χ0) is 50.8. The minimum atomic E-state index is 0.459. The van der Waals surface area contributed by atoms with Gasteiger partial charge in [-0.25, -0.2) is 0 Å². The quantitative estimate of drug-likeness (QED) is 0.254. The molecule has 21 aliphatic carbocycles. The van der Waals surface area contributed by atoms with E-state index in [0.717, 1.165) is 48.6 Å². The summed E-state index contributed by atoms with van der Waals surface area (Å²) >= 11 is 0. The molecule has 0 spiro atoms. The van der Waals surface area contributed by atoms with Gasteiger partial charge in [0.1, 0.15) is 5.78 Å². The molecule has 21 saturated carbocycles. The number of rotatable bonds is 0. The standard InChI is InChI=1S/2C10H16.C10H18.C8H14.C7H11NO.C7H13N.C7H10.2C7H12/c1-7-2-9-4-8(1)5-10(3-7)6-9;1-2-9-7-4-5-8(6-7)10(9)3-1;1-2-6-10-8-4-3-7-9(10)5-1;1-2-8-5-3-7(1)4-6-8;9-7-3-5-1-2-6(4-7)8-5;1-2-6-4-5-7(3-1)8-6;1-4-2-6-5(1)7(6)3-4;1-2-7-4-3-6(1)5-7;1-2-6-4-7(3-1)5-6/h2*7-10H,1-6H2;9-10H,1-8H2;7-8H,1-6H2;5-6,8H,1-4H2;6-8H,1-5H2;4-7H,1-3H2;2*6-7H,1-5H2. The maximum Gasteiger partial charge on any atom is 0.136 e. The lowest BCUT2D eigenvalue weighted by Gasteiger charge is -2.49. The van der Waals surface area contributed by atoms with E-state index in [4.69, 9.17) is 0 Å². The molecule has 0 aromatic carbocycles. The lowest BCUT2D eigenvalue weighted by molar-refractivity contribution is -0.120. The summed E-state index contributed by atoms with van der Waals surface area (Å²) in [5, 5.41) is 6.99. The summed E-state index contributed by atoms with van der Waals surface area (Å²) < 4.78 is 0. The lowest BCUT2D eigenvalue weighted by Crippen LogP contribution is -2.38. The van der Waals surface area contributed by atoms with Crippen LogP contribution < -0.4 is 10.6 Å². The number of ketones is 1. The Hall–Kier alpha value is -0.410. The number of Topliss-reactive ketones (excluding diaryl/α,β-unsaturated/α-hetero) is 1. The molecular formula is C73H122N2O. The van der Waals surface area contributed by atoms with Crippen LogP contribution in [0.3, 0.4) is 0 Å². The van der Waals surface area contributed by atoms with E-state index in [2.05, 4.69) is 10.6 Å². The summed E-state index contributed by atoms with van der Waals surface area (Å²) in [5.74, 6) is 24.3. The van der Waals surface area contributed by atoms with Crippen molar-refractivity contribution in [3.8, 4) is 0 Å². The summed E-state index contributed by atoms with van der Waals surface area (Å²) in [6.07, 6.45) is 72.6. The predicted molar refractivity (Wildman–Crippen MR) is 318 cm³/mol. The van der Waals surface area contributed by atoms with E-state index in [1.165, 1.54) is 172 Å². The van der Waals surface area contributed by atoms with Crippen LogP contribution >= 0.6 is 0 Å². The van der Waals surface area contributed by atoms with Crippen LogP contribution in [0.5, 0.6) is 0 Å². The van der Waals surface area contributed by atoms with Crippen LogP contribution in [0.2, 0.25) is 0 Å². The summed E-state index contributed by atoms with van der Waals surface area (Å²) in [6, 6.07) is 2.90. The van der Waals surface area contributed by atoms with Gasteiger partial charge < -0.3 is 10.6 Å².